The van der Waals surface area contributed by atoms with Gasteiger partial charge in [-0.1, -0.05) is 13.5 Å². The zero-order valence-corrected chi connectivity index (χ0v) is 7.54. The molecule has 0 radical (unpaired) electrons. The molecule has 10 heavy (non-hydrogen) atoms. The van der Waals surface area contributed by atoms with Crippen molar-refractivity contribution >= 4 is 16.0 Å². The molecular formula is C6H12O3Si. The third-order valence-corrected chi connectivity index (χ3v) is 1.66. The maximum Gasteiger partial charge on any atom is 0.369 e. The monoisotopic (exact) mass is 160 g/mol. The van der Waals surface area contributed by atoms with E-state index in [-0.39, 0.29) is 5.97 Å². The van der Waals surface area contributed by atoms with Gasteiger partial charge in [0.05, 0.1) is 0 Å². The van der Waals surface area contributed by atoms with Crippen LogP contribution in [0.2, 0.25) is 0 Å². The van der Waals surface area contributed by atoms with Gasteiger partial charge in [0.25, 0.3) is 0 Å². The van der Waals surface area contributed by atoms with Gasteiger partial charge >= 0.3 is 16.0 Å². The van der Waals surface area contributed by atoms with Crippen molar-refractivity contribution in [1.29, 1.82) is 0 Å². The van der Waals surface area contributed by atoms with E-state index < -0.39 is 10.0 Å². The molecule has 0 aliphatic heterocycles. The summed E-state index contributed by atoms with van der Waals surface area (Å²) in [5.41, 5.74) is 0. The summed E-state index contributed by atoms with van der Waals surface area (Å²) in [6.45, 7) is 5.93. The first-order chi connectivity index (χ1) is 4.81. The first kappa shape index (κ1) is 9.39. The third kappa shape index (κ3) is 5.52. The Morgan fingerprint density at radius 2 is 2.50 bits per heavy atom. The quantitative estimate of drug-likeness (QED) is 0.326. The summed E-state index contributed by atoms with van der Waals surface area (Å²) < 4.78 is 9.66. The second-order valence-electron chi connectivity index (χ2n) is 1.69. The highest BCUT2D eigenvalue weighted by Gasteiger charge is 1.93. The summed E-state index contributed by atoms with van der Waals surface area (Å²) in [6.07, 6.45) is 2.10. The van der Waals surface area contributed by atoms with Crippen molar-refractivity contribution in [3.63, 3.8) is 0 Å². The van der Waals surface area contributed by atoms with E-state index in [1.807, 2.05) is 6.92 Å². The summed E-state index contributed by atoms with van der Waals surface area (Å²) in [4.78, 5) is 10.4. The lowest BCUT2D eigenvalue weighted by atomic mass is 10.5. The standard InChI is InChI=1S/C6H12O3Si/c1-3-5-8-10-9-6(7)4-2/h4H,2-3,5,10H2,1H3. The molecule has 0 amide bonds. The molecule has 0 heterocycles. The average Bonchev–Trinajstić information content (AvgIpc) is 1.98. The Labute approximate surface area is 63.1 Å². The zero-order valence-electron chi connectivity index (χ0n) is 6.13. The zero-order chi connectivity index (χ0) is 7.82. The topological polar surface area (TPSA) is 35.5 Å². The fourth-order valence-corrected chi connectivity index (χ4v) is 1.09. The SMILES string of the molecule is C=CC(=O)O[SiH2]OCCC. The summed E-state index contributed by atoms with van der Waals surface area (Å²) in [6, 6.07) is 0. The van der Waals surface area contributed by atoms with Crippen LogP contribution in [0, 0.1) is 0 Å². The Morgan fingerprint density at radius 1 is 1.80 bits per heavy atom. The Balaban J connectivity index is 3.03. The molecule has 58 valence electrons. The molecule has 0 atom stereocenters. The molecule has 0 saturated heterocycles. The summed E-state index contributed by atoms with van der Waals surface area (Å²) >= 11 is 0. The van der Waals surface area contributed by atoms with Crippen LogP contribution in [0.25, 0.3) is 0 Å². The number of rotatable bonds is 5. The van der Waals surface area contributed by atoms with Crippen molar-refractivity contribution < 1.29 is 13.6 Å². The number of carbonyl (C=O) groups is 1. The van der Waals surface area contributed by atoms with Gasteiger partial charge in [-0.3, -0.25) is 0 Å². The number of hydrogen-bond acceptors (Lipinski definition) is 3. The van der Waals surface area contributed by atoms with E-state index in [0.717, 1.165) is 12.5 Å². The molecule has 0 saturated carbocycles. The van der Waals surface area contributed by atoms with Crippen LogP contribution < -0.4 is 0 Å². The van der Waals surface area contributed by atoms with Crippen LogP contribution in [0.4, 0.5) is 0 Å². The highest BCUT2D eigenvalue weighted by atomic mass is 28.3. The maximum absolute atomic E-state index is 10.4. The van der Waals surface area contributed by atoms with Gasteiger partial charge in [0, 0.05) is 12.7 Å². The van der Waals surface area contributed by atoms with Gasteiger partial charge in [-0.25, -0.2) is 4.79 Å². The molecule has 0 rings (SSSR count). The Kier molecular flexibility index (Phi) is 6.11. The number of hydrogen-bond donors (Lipinski definition) is 0. The average molecular weight is 160 g/mol. The van der Waals surface area contributed by atoms with Crippen LogP contribution >= 0.6 is 0 Å². The molecule has 0 aromatic rings. The Morgan fingerprint density at radius 3 is 3.00 bits per heavy atom. The van der Waals surface area contributed by atoms with Gasteiger partial charge in [-0.15, -0.1) is 0 Å². The van der Waals surface area contributed by atoms with E-state index in [0.29, 0.717) is 6.61 Å². The predicted molar refractivity (Wildman–Crippen MR) is 41.1 cm³/mol. The third-order valence-electron chi connectivity index (χ3n) is 0.800. The second kappa shape index (κ2) is 6.51. The molecule has 3 nitrogen and oxygen atoms in total. The van der Waals surface area contributed by atoms with Crippen molar-refractivity contribution in [2.75, 3.05) is 6.61 Å². The van der Waals surface area contributed by atoms with Crippen LogP contribution in [-0.2, 0) is 13.6 Å². The second-order valence-corrected chi connectivity index (χ2v) is 2.63. The molecule has 0 aromatic heterocycles. The minimum atomic E-state index is -1.08. The van der Waals surface area contributed by atoms with Crippen LogP contribution in [0.5, 0.6) is 0 Å². The molecule has 0 unspecified atom stereocenters. The van der Waals surface area contributed by atoms with Gasteiger partial charge in [-0.2, -0.15) is 0 Å². The van der Waals surface area contributed by atoms with Gasteiger partial charge in [0.1, 0.15) is 0 Å². The van der Waals surface area contributed by atoms with E-state index >= 15 is 0 Å². The molecule has 0 N–H and O–H groups in total. The summed E-state index contributed by atoms with van der Waals surface area (Å²) in [7, 11) is -1.08. The van der Waals surface area contributed by atoms with E-state index in [1.54, 1.807) is 0 Å². The molecule has 0 aliphatic carbocycles. The van der Waals surface area contributed by atoms with E-state index in [9.17, 15) is 4.79 Å². The van der Waals surface area contributed by atoms with Crippen LogP contribution in [-0.4, -0.2) is 22.6 Å². The van der Waals surface area contributed by atoms with Gasteiger partial charge < -0.3 is 8.85 Å². The van der Waals surface area contributed by atoms with Crippen molar-refractivity contribution in [2.24, 2.45) is 0 Å². The molecule has 0 spiro atoms. The van der Waals surface area contributed by atoms with Crippen molar-refractivity contribution in [1.82, 2.24) is 0 Å². The normalized spacial score (nSPS) is 10.1. The predicted octanol–water partition coefficient (Wildman–Crippen LogP) is 0.141. The summed E-state index contributed by atoms with van der Waals surface area (Å²) in [5, 5.41) is 0. The Hall–Kier alpha value is -0.613. The van der Waals surface area contributed by atoms with Gasteiger partial charge in [-0.05, 0) is 6.42 Å². The van der Waals surface area contributed by atoms with Crippen LogP contribution in [0.15, 0.2) is 12.7 Å². The van der Waals surface area contributed by atoms with Crippen molar-refractivity contribution in [3.05, 3.63) is 12.7 Å². The highest BCUT2D eigenvalue weighted by Crippen LogP contribution is 1.80. The fourth-order valence-electron chi connectivity index (χ4n) is 0.362. The van der Waals surface area contributed by atoms with E-state index in [1.165, 1.54) is 0 Å². The largest absolute Gasteiger partial charge is 0.496 e. The minimum absolute atomic E-state index is 0.386. The number of carbonyl (C=O) groups excluding carboxylic acids is 1. The fraction of sp³-hybridized carbons (Fsp3) is 0.500. The minimum Gasteiger partial charge on any atom is -0.496 e. The lowest BCUT2D eigenvalue weighted by Crippen LogP contribution is -2.09. The smallest absolute Gasteiger partial charge is 0.369 e. The van der Waals surface area contributed by atoms with Crippen LogP contribution in [0.1, 0.15) is 13.3 Å². The molecule has 0 bridgehead atoms. The molecule has 0 aromatic carbocycles. The molecular weight excluding hydrogens is 148 g/mol. The van der Waals surface area contributed by atoms with Crippen molar-refractivity contribution in [3.8, 4) is 0 Å². The first-order valence-electron chi connectivity index (χ1n) is 3.18. The Bertz CT molecular complexity index is 114. The van der Waals surface area contributed by atoms with E-state index in [2.05, 4.69) is 11.0 Å². The maximum atomic E-state index is 10.4. The van der Waals surface area contributed by atoms with Crippen LogP contribution in [0.3, 0.4) is 0 Å². The molecule has 0 aliphatic rings. The van der Waals surface area contributed by atoms with Gasteiger partial charge in [0.2, 0.25) is 0 Å². The molecule has 4 heteroatoms. The lowest BCUT2D eigenvalue weighted by Gasteiger charge is -2.00. The highest BCUT2D eigenvalue weighted by molar-refractivity contribution is 6.23. The van der Waals surface area contributed by atoms with Crippen molar-refractivity contribution in [2.45, 2.75) is 13.3 Å². The van der Waals surface area contributed by atoms with E-state index in [4.69, 9.17) is 4.43 Å². The first-order valence-corrected chi connectivity index (χ1v) is 4.33. The van der Waals surface area contributed by atoms with Gasteiger partial charge in [0.15, 0.2) is 0 Å². The lowest BCUT2D eigenvalue weighted by molar-refractivity contribution is -0.129. The molecule has 0 fully saturated rings. The summed E-state index contributed by atoms with van der Waals surface area (Å²) in [5.74, 6) is -0.386.